The average Bonchev–Trinajstić information content (AvgIpc) is 3.10. The summed E-state index contributed by atoms with van der Waals surface area (Å²) in [5.74, 6) is 0.562. The van der Waals surface area contributed by atoms with Crippen LogP contribution in [0.1, 0.15) is 43.2 Å². The lowest BCUT2D eigenvalue weighted by atomic mass is 9.78. The Labute approximate surface area is 162 Å². The molecule has 1 saturated heterocycles. The Morgan fingerprint density at radius 1 is 0.778 bits per heavy atom. The first-order chi connectivity index (χ1) is 13.2. The number of hydrogen-bond acceptors (Lipinski definition) is 2. The molecule has 2 atom stereocenters. The first-order valence-corrected chi connectivity index (χ1v) is 9.80. The summed E-state index contributed by atoms with van der Waals surface area (Å²) >= 11 is 0. The van der Waals surface area contributed by atoms with Crippen LogP contribution in [0.5, 0.6) is 0 Å². The minimum atomic E-state index is -0.507. The van der Waals surface area contributed by atoms with Gasteiger partial charge in [-0.1, -0.05) is 105 Å². The lowest BCUT2D eigenvalue weighted by molar-refractivity contribution is -0.0274. The summed E-state index contributed by atoms with van der Waals surface area (Å²) in [5.41, 5.74) is 3.06. The van der Waals surface area contributed by atoms with Gasteiger partial charge >= 0.3 is 0 Å². The molecule has 2 nitrogen and oxygen atoms in total. The molecule has 1 heterocycles. The Hall–Kier alpha value is -2.42. The Morgan fingerprint density at radius 3 is 1.74 bits per heavy atom. The highest BCUT2D eigenvalue weighted by Gasteiger charge is 2.51. The predicted molar refractivity (Wildman–Crippen MR) is 110 cm³/mol. The van der Waals surface area contributed by atoms with E-state index in [9.17, 15) is 0 Å². The van der Waals surface area contributed by atoms with Gasteiger partial charge in [0, 0.05) is 6.04 Å². The van der Waals surface area contributed by atoms with Crippen LogP contribution in [0.15, 0.2) is 91.0 Å². The third-order valence-corrected chi connectivity index (χ3v) is 5.36. The molecule has 2 heteroatoms. The summed E-state index contributed by atoms with van der Waals surface area (Å²) in [5, 5.41) is 3.80. The molecule has 0 aromatic heterocycles. The first kappa shape index (κ1) is 18.0. The second-order valence-corrected chi connectivity index (χ2v) is 7.73. The molecule has 4 rings (SSSR count). The third-order valence-electron chi connectivity index (χ3n) is 5.36. The van der Waals surface area contributed by atoms with E-state index in [1.807, 2.05) is 6.07 Å². The van der Waals surface area contributed by atoms with Crippen molar-refractivity contribution in [3.63, 3.8) is 0 Å². The summed E-state index contributed by atoms with van der Waals surface area (Å²) in [6.07, 6.45) is 0.906. The van der Waals surface area contributed by atoms with Gasteiger partial charge in [0.15, 0.2) is 0 Å². The molecule has 1 N–H and O–H groups in total. The molecule has 3 aromatic carbocycles. The summed E-state index contributed by atoms with van der Waals surface area (Å²) in [6, 6.07) is 32.0. The van der Waals surface area contributed by atoms with Crippen molar-refractivity contribution in [3.05, 3.63) is 108 Å². The van der Waals surface area contributed by atoms with E-state index in [2.05, 4.69) is 104 Å². The highest BCUT2D eigenvalue weighted by molar-refractivity contribution is 5.41. The standard InChI is InChI=1S/C25H27NO/c1-19(2)18-23-25(21-14-8-4-9-15-21,22-16-10-5-11-17-22)27-24(26-23)20-12-6-3-7-13-20/h3-17,19,23-24,26H,18H2,1-2H3. The Morgan fingerprint density at radius 2 is 1.26 bits per heavy atom. The molecule has 0 aliphatic carbocycles. The molecule has 1 aliphatic heterocycles. The van der Waals surface area contributed by atoms with Crippen molar-refractivity contribution in [1.29, 1.82) is 0 Å². The van der Waals surface area contributed by atoms with Crippen molar-refractivity contribution in [3.8, 4) is 0 Å². The molecule has 0 saturated carbocycles. The van der Waals surface area contributed by atoms with Crippen molar-refractivity contribution in [2.24, 2.45) is 5.92 Å². The molecule has 2 unspecified atom stereocenters. The highest BCUT2D eigenvalue weighted by atomic mass is 16.5. The van der Waals surface area contributed by atoms with Crippen LogP contribution in [-0.4, -0.2) is 6.04 Å². The monoisotopic (exact) mass is 357 g/mol. The molecule has 1 fully saturated rings. The number of benzene rings is 3. The van der Waals surface area contributed by atoms with Gasteiger partial charge < -0.3 is 4.74 Å². The van der Waals surface area contributed by atoms with Crippen LogP contribution in [0.25, 0.3) is 0 Å². The number of hydrogen-bond donors (Lipinski definition) is 1. The van der Waals surface area contributed by atoms with Crippen molar-refractivity contribution in [2.75, 3.05) is 0 Å². The second-order valence-electron chi connectivity index (χ2n) is 7.73. The summed E-state index contributed by atoms with van der Waals surface area (Å²) < 4.78 is 6.91. The van der Waals surface area contributed by atoms with Crippen LogP contribution >= 0.6 is 0 Å². The van der Waals surface area contributed by atoms with Gasteiger partial charge in [-0.2, -0.15) is 0 Å². The molecule has 27 heavy (non-hydrogen) atoms. The van der Waals surface area contributed by atoms with Gasteiger partial charge in [-0.25, -0.2) is 0 Å². The van der Waals surface area contributed by atoms with Crippen LogP contribution in [0.3, 0.4) is 0 Å². The predicted octanol–water partition coefficient (Wildman–Crippen LogP) is 5.66. The van der Waals surface area contributed by atoms with E-state index in [4.69, 9.17) is 4.74 Å². The van der Waals surface area contributed by atoms with Crippen molar-refractivity contribution < 1.29 is 4.74 Å². The van der Waals surface area contributed by atoms with E-state index in [1.54, 1.807) is 0 Å². The van der Waals surface area contributed by atoms with Crippen LogP contribution in [0.4, 0.5) is 0 Å². The maximum Gasteiger partial charge on any atom is 0.136 e. The van der Waals surface area contributed by atoms with Gasteiger partial charge in [-0.05, 0) is 29.0 Å². The molecular weight excluding hydrogens is 330 g/mol. The lowest BCUT2D eigenvalue weighted by Crippen LogP contribution is -2.43. The fourth-order valence-corrected chi connectivity index (χ4v) is 4.18. The SMILES string of the molecule is CC(C)CC1NC(c2ccccc2)OC1(c1ccccc1)c1ccccc1. The van der Waals surface area contributed by atoms with Crippen LogP contribution in [0.2, 0.25) is 0 Å². The molecule has 1 aliphatic rings. The van der Waals surface area contributed by atoms with Crippen molar-refractivity contribution in [2.45, 2.75) is 38.1 Å². The zero-order valence-electron chi connectivity index (χ0n) is 16.0. The van der Waals surface area contributed by atoms with E-state index >= 15 is 0 Å². The molecule has 0 bridgehead atoms. The van der Waals surface area contributed by atoms with Gasteiger partial charge in [-0.15, -0.1) is 0 Å². The van der Waals surface area contributed by atoms with Crippen LogP contribution < -0.4 is 5.32 Å². The second kappa shape index (κ2) is 7.67. The molecule has 0 spiro atoms. The fraction of sp³-hybridized carbons (Fsp3) is 0.280. The van der Waals surface area contributed by atoms with E-state index < -0.39 is 5.60 Å². The topological polar surface area (TPSA) is 21.3 Å². The van der Waals surface area contributed by atoms with Gasteiger partial charge in [-0.3, -0.25) is 5.32 Å². The zero-order valence-corrected chi connectivity index (χ0v) is 16.0. The number of nitrogens with one attached hydrogen (secondary N) is 1. The number of rotatable bonds is 5. The normalized spacial score (nSPS) is 21.4. The van der Waals surface area contributed by atoms with E-state index in [0.717, 1.165) is 6.42 Å². The van der Waals surface area contributed by atoms with E-state index in [-0.39, 0.29) is 12.3 Å². The Kier molecular flexibility index (Phi) is 5.11. The summed E-state index contributed by atoms with van der Waals surface area (Å²) in [4.78, 5) is 0. The summed E-state index contributed by atoms with van der Waals surface area (Å²) in [6.45, 7) is 4.55. The highest BCUT2D eigenvalue weighted by Crippen LogP contribution is 2.47. The number of ether oxygens (including phenoxy) is 1. The molecule has 138 valence electrons. The molecule has 0 radical (unpaired) electrons. The minimum absolute atomic E-state index is 0.129. The van der Waals surface area contributed by atoms with E-state index in [1.165, 1.54) is 16.7 Å². The van der Waals surface area contributed by atoms with E-state index in [0.29, 0.717) is 5.92 Å². The van der Waals surface area contributed by atoms with Gasteiger partial charge in [0.1, 0.15) is 11.8 Å². The molecule has 0 amide bonds. The fourth-order valence-electron chi connectivity index (χ4n) is 4.18. The summed E-state index contributed by atoms with van der Waals surface area (Å²) in [7, 11) is 0. The largest absolute Gasteiger partial charge is 0.342 e. The zero-order chi connectivity index (χ0) is 18.7. The smallest absolute Gasteiger partial charge is 0.136 e. The van der Waals surface area contributed by atoms with Gasteiger partial charge in [0.05, 0.1) is 0 Å². The maximum absolute atomic E-state index is 6.91. The van der Waals surface area contributed by atoms with Gasteiger partial charge in [0.25, 0.3) is 0 Å². The third kappa shape index (κ3) is 3.43. The Balaban J connectivity index is 1.86. The molecule has 3 aromatic rings. The van der Waals surface area contributed by atoms with Crippen molar-refractivity contribution in [1.82, 2.24) is 5.32 Å². The van der Waals surface area contributed by atoms with Crippen LogP contribution in [0, 0.1) is 5.92 Å². The van der Waals surface area contributed by atoms with Gasteiger partial charge in [0.2, 0.25) is 0 Å². The minimum Gasteiger partial charge on any atom is -0.342 e. The average molecular weight is 357 g/mol. The van der Waals surface area contributed by atoms with Crippen LogP contribution in [-0.2, 0) is 10.3 Å². The Bertz CT molecular complexity index is 806. The molecular formula is C25H27NO. The van der Waals surface area contributed by atoms with Crippen molar-refractivity contribution >= 4 is 0 Å². The first-order valence-electron chi connectivity index (χ1n) is 9.80. The lowest BCUT2D eigenvalue weighted by Gasteiger charge is -2.36. The maximum atomic E-state index is 6.91. The quantitative estimate of drug-likeness (QED) is 0.636.